The van der Waals surface area contributed by atoms with Gasteiger partial charge in [-0.1, -0.05) is 20.3 Å². The van der Waals surface area contributed by atoms with Crippen molar-refractivity contribution in [3.8, 4) is 6.07 Å². The summed E-state index contributed by atoms with van der Waals surface area (Å²) in [6.07, 6.45) is 5.40. The Morgan fingerprint density at radius 2 is 2.06 bits per heavy atom. The molecule has 98 valence electrons. The predicted octanol–water partition coefficient (Wildman–Crippen LogP) is 4.16. The van der Waals surface area contributed by atoms with Gasteiger partial charge in [0.15, 0.2) is 0 Å². The summed E-state index contributed by atoms with van der Waals surface area (Å²) >= 11 is 0. The first-order chi connectivity index (χ1) is 7.94. The van der Waals surface area contributed by atoms with Crippen molar-refractivity contribution in [3.63, 3.8) is 0 Å². The summed E-state index contributed by atoms with van der Waals surface area (Å²) in [7, 11) is 0. The van der Waals surface area contributed by atoms with Crippen LogP contribution >= 0.6 is 0 Å². The predicted molar refractivity (Wildman–Crippen MR) is 70.5 cm³/mol. The van der Waals surface area contributed by atoms with Crippen molar-refractivity contribution in [1.29, 1.82) is 5.26 Å². The molecule has 1 aliphatic rings. The summed E-state index contributed by atoms with van der Waals surface area (Å²) in [4.78, 5) is 0. The summed E-state index contributed by atoms with van der Waals surface area (Å²) in [6, 6.07) is 2.38. The summed E-state index contributed by atoms with van der Waals surface area (Å²) in [5, 5.41) is 8.98. The molecule has 0 bridgehead atoms. The Kier molecular flexibility index (Phi) is 5.46. The van der Waals surface area contributed by atoms with E-state index in [4.69, 9.17) is 10.00 Å². The molecule has 0 aliphatic carbocycles. The summed E-state index contributed by atoms with van der Waals surface area (Å²) < 4.78 is 5.77. The fraction of sp³-hybridized carbons (Fsp3) is 0.933. The van der Waals surface area contributed by atoms with Gasteiger partial charge >= 0.3 is 0 Å². The van der Waals surface area contributed by atoms with Gasteiger partial charge in [0.05, 0.1) is 11.7 Å². The first kappa shape index (κ1) is 14.5. The molecule has 17 heavy (non-hydrogen) atoms. The SMILES string of the molecule is CC(C)CC[C@H](CC#N)[C@@H]1CCOC(C)(C)C1. The highest BCUT2D eigenvalue weighted by Gasteiger charge is 2.33. The van der Waals surface area contributed by atoms with Gasteiger partial charge in [-0.3, -0.25) is 0 Å². The molecule has 2 atom stereocenters. The smallest absolute Gasteiger partial charge is 0.0629 e. The highest BCUT2D eigenvalue weighted by Crippen LogP contribution is 2.37. The van der Waals surface area contributed by atoms with Crippen LogP contribution in [0, 0.1) is 29.1 Å². The molecular formula is C15H27NO. The molecule has 0 aromatic rings. The van der Waals surface area contributed by atoms with Crippen LogP contribution < -0.4 is 0 Å². The van der Waals surface area contributed by atoms with Gasteiger partial charge in [-0.2, -0.15) is 5.26 Å². The fourth-order valence-electron chi connectivity index (χ4n) is 2.85. The third-order valence-corrected chi connectivity index (χ3v) is 3.87. The molecule has 0 N–H and O–H groups in total. The van der Waals surface area contributed by atoms with Crippen LogP contribution in [0.5, 0.6) is 0 Å². The summed E-state index contributed by atoms with van der Waals surface area (Å²) in [5.74, 6) is 1.99. The van der Waals surface area contributed by atoms with Gasteiger partial charge in [-0.25, -0.2) is 0 Å². The minimum absolute atomic E-state index is 0.00839. The van der Waals surface area contributed by atoms with Crippen LogP contribution in [-0.4, -0.2) is 12.2 Å². The van der Waals surface area contributed by atoms with Crippen LogP contribution in [0.3, 0.4) is 0 Å². The minimum atomic E-state index is 0.00839. The first-order valence-corrected chi connectivity index (χ1v) is 6.95. The maximum absolute atomic E-state index is 8.98. The zero-order chi connectivity index (χ0) is 12.9. The zero-order valence-electron chi connectivity index (χ0n) is 11.8. The van der Waals surface area contributed by atoms with E-state index in [0.717, 1.165) is 25.4 Å². The molecule has 1 saturated heterocycles. The molecule has 0 aromatic carbocycles. The molecule has 0 spiro atoms. The van der Waals surface area contributed by atoms with E-state index >= 15 is 0 Å². The van der Waals surface area contributed by atoms with E-state index in [1.165, 1.54) is 12.8 Å². The lowest BCUT2D eigenvalue weighted by atomic mass is 9.76. The Labute approximate surface area is 106 Å². The molecule has 1 rings (SSSR count). The first-order valence-electron chi connectivity index (χ1n) is 6.95. The van der Waals surface area contributed by atoms with E-state index in [0.29, 0.717) is 18.3 Å². The number of nitriles is 1. The monoisotopic (exact) mass is 237 g/mol. The van der Waals surface area contributed by atoms with Gasteiger partial charge in [-0.15, -0.1) is 0 Å². The Bertz CT molecular complexity index is 265. The van der Waals surface area contributed by atoms with Crippen molar-refractivity contribution in [2.45, 2.75) is 65.4 Å². The Balaban J connectivity index is 2.54. The highest BCUT2D eigenvalue weighted by molar-refractivity contribution is 4.87. The topological polar surface area (TPSA) is 33.0 Å². The summed E-state index contributed by atoms with van der Waals surface area (Å²) in [5.41, 5.74) is 0.00839. The van der Waals surface area contributed by atoms with E-state index in [2.05, 4.69) is 33.8 Å². The number of nitrogens with zero attached hydrogens (tertiary/aromatic N) is 1. The fourth-order valence-corrected chi connectivity index (χ4v) is 2.85. The van der Waals surface area contributed by atoms with E-state index in [1.807, 2.05) is 0 Å². The van der Waals surface area contributed by atoms with Crippen LogP contribution in [0.1, 0.15) is 59.8 Å². The normalized spacial score (nSPS) is 25.5. The molecule has 2 heteroatoms. The number of hydrogen-bond acceptors (Lipinski definition) is 2. The molecule has 0 radical (unpaired) electrons. The quantitative estimate of drug-likeness (QED) is 0.719. The van der Waals surface area contributed by atoms with E-state index in [9.17, 15) is 0 Å². The maximum atomic E-state index is 8.98. The lowest BCUT2D eigenvalue weighted by molar-refractivity contribution is -0.0830. The molecule has 0 aromatic heterocycles. The number of ether oxygens (including phenoxy) is 1. The molecule has 0 unspecified atom stereocenters. The molecule has 1 heterocycles. The molecular weight excluding hydrogens is 210 g/mol. The van der Waals surface area contributed by atoms with Crippen molar-refractivity contribution in [3.05, 3.63) is 0 Å². The van der Waals surface area contributed by atoms with Crippen LogP contribution in [0.2, 0.25) is 0 Å². The number of rotatable bonds is 5. The molecule has 2 nitrogen and oxygen atoms in total. The van der Waals surface area contributed by atoms with Crippen LogP contribution in [-0.2, 0) is 4.74 Å². The van der Waals surface area contributed by atoms with E-state index < -0.39 is 0 Å². The average molecular weight is 237 g/mol. The molecule has 1 aliphatic heterocycles. The second kappa shape index (κ2) is 6.40. The third-order valence-electron chi connectivity index (χ3n) is 3.87. The summed E-state index contributed by atoms with van der Waals surface area (Å²) in [6.45, 7) is 9.73. The van der Waals surface area contributed by atoms with Crippen molar-refractivity contribution in [1.82, 2.24) is 0 Å². The van der Waals surface area contributed by atoms with E-state index in [1.54, 1.807) is 0 Å². The Hall–Kier alpha value is -0.550. The minimum Gasteiger partial charge on any atom is -0.376 e. The standard InChI is InChI=1S/C15H27NO/c1-12(2)5-6-13(7-9-16)14-8-10-17-15(3,4)11-14/h12-14H,5-8,10-11H2,1-4H3/t13-,14-/m1/s1. The van der Waals surface area contributed by atoms with Crippen molar-refractivity contribution < 1.29 is 4.74 Å². The van der Waals surface area contributed by atoms with Gasteiger partial charge in [-0.05, 0) is 50.9 Å². The third kappa shape index (κ3) is 5.08. The number of hydrogen-bond donors (Lipinski definition) is 0. The average Bonchev–Trinajstić information content (AvgIpc) is 2.22. The van der Waals surface area contributed by atoms with Crippen molar-refractivity contribution >= 4 is 0 Å². The van der Waals surface area contributed by atoms with Crippen molar-refractivity contribution in [2.75, 3.05) is 6.61 Å². The van der Waals surface area contributed by atoms with Gasteiger partial charge in [0.1, 0.15) is 0 Å². The second-order valence-electron chi connectivity index (χ2n) is 6.45. The maximum Gasteiger partial charge on any atom is 0.0629 e. The van der Waals surface area contributed by atoms with E-state index in [-0.39, 0.29) is 5.60 Å². The Morgan fingerprint density at radius 3 is 2.59 bits per heavy atom. The second-order valence-corrected chi connectivity index (χ2v) is 6.45. The highest BCUT2D eigenvalue weighted by atomic mass is 16.5. The van der Waals surface area contributed by atoms with Gasteiger partial charge in [0.25, 0.3) is 0 Å². The van der Waals surface area contributed by atoms with Gasteiger partial charge in [0, 0.05) is 13.0 Å². The lowest BCUT2D eigenvalue weighted by Gasteiger charge is -2.39. The van der Waals surface area contributed by atoms with Crippen molar-refractivity contribution in [2.24, 2.45) is 17.8 Å². The lowest BCUT2D eigenvalue weighted by Crippen LogP contribution is -2.36. The van der Waals surface area contributed by atoms with Crippen LogP contribution in [0.25, 0.3) is 0 Å². The molecule has 0 amide bonds. The Morgan fingerprint density at radius 1 is 1.35 bits per heavy atom. The molecule has 0 saturated carbocycles. The zero-order valence-corrected chi connectivity index (χ0v) is 11.8. The van der Waals surface area contributed by atoms with Gasteiger partial charge < -0.3 is 4.74 Å². The molecule has 1 fully saturated rings. The van der Waals surface area contributed by atoms with Gasteiger partial charge in [0.2, 0.25) is 0 Å². The van der Waals surface area contributed by atoms with Crippen LogP contribution in [0.4, 0.5) is 0 Å². The largest absolute Gasteiger partial charge is 0.376 e. The van der Waals surface area contributed by atoms with Crippen LogP contribution in [0.15, 0.2) is 0 Å².